The van der Waals surface area contributed by atoms with Gasteiger partial charge in [0.05, 0.1) is 25.2 Å². The highest BCUT2D eigenvalue weighted by molar-refractivity contribution is 7.80. The molecule has 4 rings (SSSR count). The van der Waals surface area contributed by atoms with Crippen molar-refractivity contribution < 1.29 is 19.1 Å². The van der Waals surface area contributed by atoms with E-state index in [0.717, 1.165) is 24.0 Å². The molecule has 0 saturated carbocycles. The van der Waals surface area contributed by atoms with E-state index in [1.165, 1.54) is 17.7 Å². The number of hydrogen-bond donors (Lipinski definition) is 1. The zero-order valence-electron chi connectivity index (χ0n) is 20.3. The molecule has 0 bridgehead atoms. The minimum atomic E-state index is -0.428. The third-order valence-electron chi connectivity index (χ3n) is 6.25. The van der Waals surface area contributed by atoms with Gasteiger partial charge < -0.3 is 24.4 Å². The van der Waals surface area contributed by atoms with Crippen LogP contribution in [0.15, 0.2) is 66.7 Å². The number of nitrogens with one attached hydrogen (secondary N) is 1. The van der Waals surface area contributed by atoms with Gasteiger partial charge in [-0.3, -0.25) is 10.1 Å². The minimum absolute atomic E-state index is 0.0209. The summed E-state index contributed by atoms with van der Waals surface area (Å²) in [6.45, 7) is 1.74. The fourth-order valence-corrected chi connectivity index (χ4v) is 4.67. The second-order valence-electron chi connectivity index (χ2n) is 8.39. The predicted octanol–water partition coefficient (Wildman–Crippen LogP) is 4.71. The number of nitro benzene ring substituents is 1. The van der Waals surface area contributed by atoms with Crippen LogP contribution in [0.2, 0.25) is 0 Å². The molecule has 9 heteroatoms. The van der Waals surface area contributed by atoms with Crippen LogP contribution in [0, 0.1) is 10.1 Å². The standard InChI is InChI=1S/C27H29N3O5S/c1-33-25-16-20-13-15-29(27(36)28-14-12-19-6-4-3-5-7-19)24(23(20)17-26(25)34-2)18-35-22-10-8-21(9-11-22)30(31)32/h3-11,16-17,24H,12-15,18H2,1-2H3,(H,28,36). The zero-order chi connectivity index (χ0) is 25.5. The predicted molar refractivity (Wildman–Crippen MR) is 142 cm³/mol. The Labute approximate surface area is 215 Å². The van der Waals surface area contributed by atoms with E-state index in [9.17, 15) is 10.1 Å². The van der Waals surface area contributed by atoms with E-state index in [1.807, 2.05) is 30.3 Å². The molecule has 1 unspecified atom stereocenters. The molecule has 0 spiro atoms. The number of ether oxygens (including phenoxy) is 3. The van der Waals surface area contributed by atoms with E-state index in [2.05, 4.69) is 22.3 Å². The first-order chi connectivity index (χ1) is 17.5. The lowest BCUT2D eigenvalue weighted by atomic mass is 9.92. The summed E-state index contributed by atoms with van der Waals surface area (Å²) < 4.78 is 17.2. The van der Waals surface area contributed by atoms with Crippen LogP contribution in [-0.2, 0) is 12.8 Å². The van der Waals surface area contributed by atoms with Crippen LogP contribution >= 0.6 is 12.2 Å². The summed E-state index contributed by atoms with van der Waals surface area (Å²) in [5.74, 6) is 1.88. The van der Waals surface area contributed by atoms with Gasteiger partial charge in [0.15, 0.2) is 16.6 Å². The van der Waals surface area contributed by atoms with Crippen molar-refractivity contribution >= 4 is 23.0 Å². The molecular weight excluding hydrogens is 478 g/mol. The number of benzene rings is 3. The van der Waals surface area contributed by atoms with Crippen LogP contribution in [0.4, 0.5) is 5.69 Å². The minimum Gasteiger partial charge on any atom is -0.493 e. The van der Waals surface area contributed by atoms with Crippen LogP contribution < -0.4 is 19.5 Å². The Kier molecular flexibility index (Phi) is 8.22. The topological polar surface area (TPSA) is 86.1 Å². The Morgan fingerprint density at radius 2 is 1.78 bits per heavy atom. The molecule has 0 fully saturated rings. The van der Waals surface area contributed by atoms with Crippen molar-refractivity contribution in [3.05, 3.63) is 93.5 Å². The van der Waals surface area contributed by atoms with Crippen LogP contribution in [0.3, 0.4) is 0 Å². The first-order valence-electron chi connectivity index (χ1n) is 11.7. The highest BCUT2D eigenvalue weighted by Gasteiger charge is 2.31. The van der Waals surface area contributed by atoms with Crippen LogP contribution in [0.1, 0.15) is 22.7 Å². The smallest absolute Gasteiger partial charge is 0.269 e. The molecule has 0 radical (unpaired) electrons. The largest absolute Gasteiger partial charge is 0.493 e. The van der Waals surface area contributed by atoms with E-state index in [-0.39, 0.29) is 11.7 Å². The molecule has 0 amide bonds. The van der Waals surface area contributed by atoms with Crippen molar-refractivity contribution in [2.75, 3.05) is 33.9 Å². The molecular formula is C27H29N3O5S. The fraction of sp³-hybridized carbons (Fsp3) is 0.296. The van der Waals surface area contributed by atoms with Crippen LogP contribution in [0.25, 0.3) is 0 Å². The first kappa shape index (κ1) is 25.2. The molecule has 36 heavy (non-hydrogen) atoms. The Morgan fingerprint density at radius 1 is 1.08 bits per heavy atom. The number of thiocarbonyl (C=S) groups is 1. The summed E-state index contributed by atoms with van der Waals surface area (Å²) in [5, 5.41) is 15.0. The molecule has 188 valence electrons. The molecule has 0 aliphatic carbocycles. The van der Waals surface area contributed by atoms with Gasteiger partial charge in [-0.1, -0.05) is 30.3 Å². The van der Waals surface area contributed by atoms with Crippen molar-refractivity contribution in [1.29, 1.82) is 0 Å². The Bertz CT molecular complexity index is 1200. The highest BCUT2D eigenvalue weighted by atomic mass is 32.1. The van der Waals surface area contributed by atoms with Gasteiger partial charge in [-0.25, -0.2) is 0 Å². The zero-order valence-corrected chi connectivity index (χ0v) is 21.1. The van der Waals surface area contributed by atoms with E-state index in [1.54, 1.807) is 26.4 Å². The monoisotopic (exact) mass is 507 g/mol. The number of fused-ring (bicyclic) bond motifs is 1. The molecule has 3 aromatic rings. The highest BCUT2D eigenvalue weighted by Crippen LogP contribution is 2.38. The first-order valence-corrected chi connectivity index (χ1v) is 12.1. The molecule has 0 aromatic heterocycles. The maximum atomic E-state index is 11.0. The van der Waals surface area contributed by atoms with Gasteiger partial charge in [-0.15, -0.1) is 0 Å². The molecule has 1 aliphatic rings. The maximum absolute atomic E-state index is 11.0. The van der Waals surface area contributed by atoms with Gasteiger partial charge >= 0.3 is 0 Å². The number of non-ortho nitro benzene ring substituents is 1. The molecule has 3 aromatic carbocycles. The molecule has 1 aliphatic heterocycles. The van der Waals surface area contributed by atoms with Crippen LogP contribution in [0.5, 0.6) is 17.2 Å². The van der Waals surface area contributed by atoms with Crippen LogP contribution in [-0.4, -0.2) is 48.9 Å². The van der Waals surface area contributed by atoms with E-state index in [4.69, 9.17) is 26.4 Å². The Hall–Kier alpha value is -3.85. The van der Waals surface area contributed by atoms with Gasteiger partial charge in [-0.05, 0) is 66.0 Å². The lowest BCUT2D eigenvalue weighted by molar-refractivity contribution is -0.384. The number of nitrogens with zero attached hydrogens (tertiary/aromatic N) is 2. The second kappa shape index (κ2) is 11.7. The number of rotatable bonds is 9. The summed E-state index contributed by atoms with van der Waals surface area (Å²) >= 11 is 5.81. The van der Waals surface area contributed by atoms with Crippen molar-refractivity contribution in [3.8, 4) is 17.2 Å². The van der Waals surface area contributed by atoms with Gasteiger partial charge in [0, 0.05) is 25.2 Å². The summed E-state index contributed by atoms with van der Waals surface area (Å²) in [7, 11) is 3.24. The number of nitro groups is 1. The molecule has 8 nitrogen and oxygen atoms in total. The molecule has 1 N–H and O–H groups in total. The molecule has 1 heterocycles. The van der Waals surface area contributed by atoms with Crippen molar-refractivity contribution in [1.82, 2.24) is 10.2 Å². The van der Waals surface area contributed by atoms with Crippen molar-refractivity contribution in [3.63, 3.8) is 0 Å². The average Bonchev–Trinajstić information content (AvgIpc) is 2.91. The molecule has 0 saturated heterocycles. The summed E-state index contributed by atoms with van der Waals surface area (Å²) in [4.78, 5) is 12.7. The lowest BCUT2D eigenvalue weighted by Crippen LogP contribution is -2.47. The Balaban J connectivity index is 1.54. The fourth-order valence-electron chi connectivity index (χ4n) is 4.35. The van der Waals surface area contributed by atoms with E-state index < -0.39 is 4.92 Å². The van der Waals surface area contributed by atoms with Crippen molar-refractivity contribution in [2.24, 2.45) is 0 Å². The maximum Gasteiger partial charge on any atom is 0.269 e. The molecule has 1 atom stereocenters. The van der Waals surface area contributed by atoms with Gasteiger partial charge in [0.25, 0.3) is 5.69 Å². The van der Waals surface area contributed by atoms with Gasteiger partial charge in [0.2, 0.25) is 0 Å². The summed E-state index contributed by atoms with van der Waals surface area (Å²) in [6.07, 6.45) is 1.66. The second-order valence-corrected chi connectivity index (χ2v) is 8.78. The van der Waals surface area contributed by atoms with Gasteiger partial charge in [-0.2, -0.15) is 0 Å². The SMILES string of the molecule is COc1cc2c(cc1OC)C(COc1ccc([N+](=O)[O-])cc1)N(C(=S)NCCc1ccccc1)CC2. The van der Waals surface area contributed by atoms with Crippen molar-refractivity contribution in [2.45, 2.75) is 18.9 Å². The number of methoxy groups -OCH3 is 2. The number of hydrogen-bond acceptors (Lipinski definition) is 6. The van der Waals surface area contributed by atoms with E-state index in [0.29, 0.717) is 42.1 Å². The third kappa shape index (κ3) is 5.85. The normalized spacial score (nSPS) is 14.5. The van der Waals surface area contributed by atoms with E-state index >= 15 is 0 Å². The summed E-state index contributed by atoms with van der Waals surface area (Å²) in [5.41, 5.74) is 3.46. The average molecular weight is 508 g/mol. The third-order valence-corrected chi connectivity index (χ3v) is 6.63. The Morgan fingerprint density at radius 3 is 2.44 bits per heavy atom. The quantitative estimate of drug-likeness (QED) is 0.253. The lowest BCUT2D eigenvalue weighted by Gasteiger charge is -2.39. The summed E-state index contributed by atoms with van der Waals surface area (Å²) in [6, 6.07) is 20.2. The van der Waals surface area contributed by atoms with Gasteiger partial charge in [0.1, 0.15) is 12.4 Å².